The van der Waals surface area contributed by atoms with Crippen molar-refractivity contribution in [3.8, 4) is 0 Å². The summed E-state index contributed by atoms with van der Waals surface area (Å²) in [5, 5.41) is 0. The maximum Gasteiger partial charge on any atom is 0.0227 e. The molecule has 0 saturated carbocycles. The molecule has 0 saturated heterocycles. The summed E-state index contributed by atoms with van der Waals surface area (Å²) in [6.45, 7) is 7.95. The van der Waals surface area contributed by atoms with Gasteiger partial charge >= 0.3 is 0 Å². The van der Waals surface area contributed by atoms with Crippen molar-refractivity contribution in [2.24, 2.45) is 0 Å². The van der Waals surface area contributed by atoms with Gasteiger partial charge in [0.1, 0.15) is 0 Å². The van der Waals surface area contributed by atoms with E-state index in [0.29, 0.717) is 0 Å². The third-order valence-electron chi connectivity index (χ3n) is 0.737. The predicted octanol–water partition coefficient (Wildman–Crippen LogP) is 2.38. The Morgan fingerprint density at radius 3 is 2.00 bits per heavy atom. The number of halogens is 1. The molecular weight excluding hydrogens is 140 g/mol. The molecule has 0 aliphatic carbocycles. The quantitative estimate of drug-likeness (QED) is 0.503. The SMILES string of the molecule is [CH2]C(C)(Br)CC. The maximum atomic E-state index is 3.81. The van der Waals surface area contributed by atoms with Crippen molar-refractivity contribution in [1.82, 2.24) is 0 Å². The molecule has 0 rings (SSSR count). The Bertz CT molecular complexity index is 33.7. The van der Waals surface area contributed by atoms with Crippen LogP contribution in [0.25, 0.3) is 0 Å². The minimum atomic E-state index is 0.104. The zero-order chi connectivity index (χ0) is 5.21. The summed E-state index contributed by atoms with van der Waals surface area (Å²) >= 11 is 3.37. The average molecular weight is 150 g/mol. The zero-order valence-corrected chi connectivity index (χ0v) is 5.88. The molecule has 6 heavy (non-hydrogen) atoms. The maximum absolute atomic E-state index is 3.81. The molecule has 1 heteroatoms. The molecule has 0 N–H and O–H groups in total. The molecule has 0 heterocycles. The molecule has 1 radical (unpaired) electrons. The minimum Gasteiger partial charge on any atom is -0.0856 e. The van der Waals surface area contributed by atoms with E-state index in [1.807, 2.05) is 6.92 Å². The first-order valence-corrected chi connectivity index (χ1v) is 2.90. The van der Waals surface area contributed by atoms with Crippen LogP contribution in [0.2, 0.25) is 0 Å². The van der Waals surface area contributed by atoms with Gasteiger partial charge in [0, 0.05) is 4.32 Å². The lowest BCUT2D eigenvalue weighted by molar-refractivity contribution is 0.768. The van der Waals surface area contributed by atoms with Gasteiger partial charge in [-0.2, -0.15) is 0 Å². The van der Waals surface area contributed by atoms with Crippen molar-refractivity contribution in [1.29, 1.82) is 0 Å². The highest BCUT2D eigenvalue weighted by Crippen LogP contribution is 2.17. The second-order valence-electron chi connectivity index (χ2n) is 1.77. The van der Waals surface area contributed by atoms with Crippen molar-refractivity contribution < 1.29 is 0 Å². The van der Waals surface area contributed by atoms with Gasteiger partial charge in [-0.15, -0.1) is 0 Å². The van der Waals surface area contributed by atoms with E-state index in [0.717, 1.165) is 6.42 Å². The standard InChI is InChI=1S/C5H10Br/c1-4-5(2,3)6/h2,4H2,1,3H3. The van der Waals surface area contributed by atoms with Crippen LogP contribution in [0.5, 0.6) is 0 Å². The molecule has 37 valence electrons. The summed E-state index contributed by atoms with van der Waals surface area (Å²) < 4.78 is 0.104. The van der Waals surface area contributed by atoms with Crippen LogP contribution in [0.3, 0.4) is 0 Å². The molecular formula is C5H10Br. The third kappa shape index (κ3) is 4.48. The highest BCUT2D eigenvalue weighted by Gasteiger charge is 2.06. The number of hydrogen-bond donors (Lipinski definition) is 0. The van der Waals surface area contributed by atoms with Gasteiger partial charge in [0.05, 0.1) is 0 Å². The second kappa shape index (κ2) is 1.97. The first kappa shape index (κ1) is 6.48. The Balaban J connectivity index is 3.17. The first-order valence-electron chi connectivity index (χ1n) is 2.10. The normalized spacial score (nSPS) is 12.0. The van der Waals surface area contributed by atoms with Crippen molar-refractivity contribution in [2.75, 3.05) is 0 Å². The van der Waals surface area contributed by atoms with Crippen LogP contribution >= 0.6 is 15.9 Å². The van der Waals surface area contributed by atoms with Crippen LogP contribution in [0.1, 0.15) is 20.3 Å². The van der Waals surface area contributed by atoms with Crippen LogP contribution < -0.4 is 0 Å². The Labute approximate surface area is 48.1 Å². The highest BCUT2D eigenvalue weighted by molar-refractivity contribution is 9.10. The molecule has 0 aliphatic heterocycles. The fourth-order valence-electron chi connectivity index (χ4n) is 0. The molecule has 1 unspecified atom stereocenters. The first-order chi connectivity index (χ1) is 2.56. The van der Waals surface area contributed by atoms with Crippen molar-refractivity contribution in [3.63, 3.8) is 0 Å². The average Bonchev–Trinajstić information content (AvgIpc) is 1.35. The van der Waals surface area contributed by atoms with Crippen LogP contribution in [-0.4, -0.2) is 4.32 Å². The molecule has 0 amide bonds. The van der Waals surface area contributed by atoms with Gasteiger partial charge in [-0.3, -0.25) is 0 Å². The van der Waals surface area contributed by atoms with Gasteiger partial charge in [-0.1, -0.05) is 22.9 Å². The van der Waals surface area contributed by atoms with Crippen LogP contribution in [0.15, 0.2) is 0 Å². The lowest BCUT2D eigenvalue weighted by atomic mass is 10.2. The third-order valence-corrected chi connectivity index (χ3v) is 1.30. The number of rotatable bonds is 1. The van der Waals surface area contributed by atoms with E-state index in [2.05, 4.69) is 29.8 Å². The van der Waals surface area contributed by atoms with Crippen LogP contribution in [0, 0.1) is 6.92 Å². The van der Waals surface area contributed by atoms with E-state index in [1.54, 1.807) is 0 Å². The van der Waals surface area contributed by atoms with E-state index in [-0.39, 0.29) is 4.32 Å². The lowest BCUT2D eigenvalue weighted by Crippen LogP contribution is -2.05. The van der Waals surface area contributed by atoms with Gasteiger partial charge in [-0.05, 0) is 20.3 Å². The molecule has 0 bridgehead atoms. The van der Waals surface area contributed by atoms with E-state index in [9.17, 15) is 0 Å². The summed E-state index contributed by atoms with van der Waals surface area (Å²) in [5.41, 5.74) is 0. The molecule has 0 fully saturated rings. The highest BCUT2D eigenvalue weighted by atomic mass is 79.9. The number of hydrogen-bond acceptors (Lipinski definition) is 0. The number of alkyl halides is 1. The van der Waals surface area contributed by atoms with Crippen molar-refractivity contribution >= 4 is 15.9 Å². The van der Waals surface area contributed by atoms with Gasteiger partial charge in [-0.25, -0.2) is 0 Å². The summed E-state index contributed by atoms with van der Waals surface area (Å²) in [7, 11) is 0. The fraction of sp³-hybridized carbons (Fsp3) is 0.800. The van der Waals surface area contributed by atoms with Crippen molar-refractivity contribution in [2.45, 2.75) is 24.6 Å². The molecule has 0 aromatic rings. The monoisotopic (exact) mass is 149 g/mol. The second-order valence-corrected chi connectivity index (χ2v) is 3.68. The Morgan fingerprint density at radius 1 is 1.83 bits per heavy atom. The van der Waals surface area contributed by atoms with E-state index < -0.39 is 0 Å². The predicted molar refractivity (Wildman–Crippen MR) is 33.0 cm³/mol. The Hall–Kier alpha value is 0.480. The lowest BCUT2D eigenvalue weighted by Gasteiger charge is -2.09. The smallest absolute Gasteiger partial charge is 0.0227 e. The minimum absolute atomic E-state index is 0.104. The summed E-state index contributed by atoms with van der Waals surface area (Å²) in [6.07, 6.45) is 1.08. The van der Waals surface area contributed by atoms with Gasteiger partial charge in [0.25, 0.3) is 0 Å². The van der Waals surface area contributed by atoms with Crippen LogP contribution in [-0.2, 0) is 0 Å². The summed E-state index contributed by atoms with van der Waals surface area (Å²) in [4.78, 5) is 0. The van der Waals surface area contributed by atoms with Gasteiger partial charge in [0.15, 0.2) is 0 Å². The molecule has 1 atom stereocenters. The van der Waals surface area contributed by atoms with Gasteiger partial charge < -0.3 is 0 Å². The van der Waals surface area contributed by atoms with Crippen molar-refractivity contribution in [3.05, 3.63) is 6.92 Å². The van der Waals surface area contributed by atoms with Crippen LogP contribution in [0.4, 0.5) is 0 Å². The molecule has 0 aliphatic rings. The molecule has 0 spiro atoms. The summed E-state index contributed by atoms with van der Waals surface area (Å²) in [6, 6.07) is 0. The summed E-state index contributed by atoms with van der Waals surface area (Å²) in [5.74, 6) is 0. The Morgan fingerprint density at radius 2 is 2.00 bits per heavy atom. The van der Waals surface area contributed by atoms with E-state index >= 15 is 0 Å². The molecule has 0 aromatic heterocycles. The fourth-order valence-corrected chi connectivity index (χ4v) is 0. The van der Waals surface area contributed by atoms with E-state index in [1.165, 1.54) is 0 Å². The van der Waals surface area contributed by atoms with Gasteiger partial charge in [0.2, 0.25) is 0 Å². The topological polar surface area (TPSA) is 0 Å². The molecule has 0 nitrogen and oxygen atoms in total. The zero-order valence-electron chi connectivity index (χ0n) is 4.29. The largest absolute Gasteiger partial charge is 0.0856 e. The van der Waals surface area contributed by atoms with E-state index in [4.69, 9.17) is 0 Å². The Kier molecular flexibility index (Phi) is 2.12. The molecule has 0 aromatic carbocycles.